The fourth-order valence-corrected chi connectivity index (χ4v) is 3.33. The first-order valence-corrected chi connectivity index (χ1v) is 8.26. The number of carbonyl (C=O) groups is 2. The van der Waals surface area contributed by atoms with Crippen LogP contribution in [-0.4, -0.2) is 45.1 Å². The summed E-state index contributed by atoms with van der Waals surface area (Å²) < 4.78 is 0. The van der Waals surface area contributed by atoms with Crippen molar-refractivity contribution < 1.29 is 19.6 Å². The Bertz CT molecular complexity index is 604. The summed E-state index contributed by atoms with van der Waals surface area (Å²) >= 11 is 1.29. The number of hydrogen-bond acceptors (Lipinski definition) is 5. The lowest BCUT2D eigenvalue weighted by Gasteiger charge is -2.36. The molecule has 0 aromatic heterocycles. The van der Waals surface area contributed by atoms with Crippen LogP contribution in [0.25, 0.3) is 0 Å². The summed E-state index contributed by atoms with van der Waals surface area (Å²) in [6, 6.07) is 6.05. The number of carbonyl (C=O) groups excluding carboxylic acids is 1. The van der Waals surface area contributed by atoms with Crippen molar-refractivity contribution in [2.75, 3.05) is 12.3 Å². The molecule has 1 aromatic carbocycles. The monoisotopic (exact) mass is 338 g/mol. The Balaban J connectivity index is 1.92. The molecule has 124 valence electrons. The molecule has 1 aliphatic heterocycles. The number of piperidine rings is 1. The van der Waals surface area contributed by atoms with E-state index in [4.69, 9.17) is 5.11 Å². The first-order chi connectivity index (χ1) is 10.9. The molecule has 8 heteroatoms. The summed E-state index contributed by atoms with van der Waals surface area (Å²) in [5.41, 5.74) is 0.00892. The van der Waals surface area contributed by atoms with Gasteiger partial charge in [0.15, 0.2) is 0 Å². The molecule has 1 aliphatic rings. The fraction of sp³-hybridized carbons (Fsp3) is 0.467. The largest absolute Gasteiger partial charge is 0.481 e. The van der Waals surface area contributed by atoms with E-state index in [9.17, 15) is 19.7 Å². The predicted molar refractivity (Wildman–Crippen MR) is 85.4 cm³/mol. The van der Waals surface area contributed by atoms with Crippen molar-refractivity contribution in [3.8, 4) is 0 Å². The Morgan fingerprint density at radius 1 is 1.35 bits per heavy atom. The Labute approximate surface area is 137 Å². The third-order valence-electron chi connectivity index (χ3n) is 3.96. The number of carboxylic acid groups (broad SMARTS) is 1. The van der Waals surface area contributed by atoms with Crippen LogP contribution in [0.5, 0.6) is 0 Å². The molecule has 0 aliphatic carbocycles. The quantitative estimate of drug-likeness (QED) is 0.502. The maximum atomic E-state index is 12.3. The van der Waals surface area contributed by atoms with Gasteiger partial charge in [-0.05, 0) is 31.9 Å². The highest BCUT2D eigenvalue weighted by molar-refractivity contribution is 8.00. The molecule has 0 radical (unpaired) electrons. The van der Waals surface area contributed by atoms with E-state index in [1.54, 1.807) is 17.0 Å². The number of nitro benzene ring substituents is 1. The number of amides is 1. The molecule has 1 heterocycles. The number of carboxylic acids is 1. The Hall–Kier alpha value is -2.09. The minimum atomic E-state index is -0.863. The van der Waals surface area contributed by atoms with Crippen LogP contribution in [-0.2, 0) is 9.59 Å². The summed E-state index contributed by atoms with van der Waals surface area (Å²) in [5.74, 6) is -1.28. The summed E-state index contributed by atoms with van der Waals surface area (Å²) in [4.78, 5) is 35.9. The van der Waals surface area contributed by atoms with Gasteiger partial charge in [0.2, 0.25) is 5.91 Å². The highest BCUT2D eigenvalue weighted by Gasteiger charge is 2.32. The molecule has 2 unspecified atom stereocenters. The SMILES string of the molecule is CC1CCC(C(=O)O)CN1C(=O)CSc1ccc([N+](=O)[O-])cc1. The topological polar surface area (TPSA) is 101 Å². The summed E-state index contributed by atoms with van der Waals surface area (Å²) in [5, 5.41) is 19.7. The first kappa shape index (κ1) is 17.3. The minimum absolute atomic E-state index is 0.00892. The summed E-state index contributed by atoms with van der Waals surface area (Å²) in [7, 11) is 0. The minimum Gasteiger partial charge on any atom is -0.481 e. The number of likely N-dealkylation sites (tertiary alicyclic amines) is 1. The van der Waals surface area contributed by atoms with E-state index in [0.717, 1.165) is 4.90 Å². The van der Waals surface area contributed by atoms with Gasteiger partial charge < -0.3 is 10.0 Å². The normalized spacial score (nSPS) is 21.0. The van der Waals surface area contributed by atoms with Crippen molar-refractivity contribution in [2.45, 2.75) is 30.7 Å². The zero-order valence-corrected chi connectivity index (χ0v) is 13.5. The van der Waals surface area contributed by atoms with Crippen molar-refractivity contribution in [1.29, 1.82) is 0 Å². The molecule has 23 heavy (non-hydrogen) atoms. The van der Waals surface area contributed by atoms with Gasteiger partial charge in [-0.15, -0.1) is 11.8 Å². The number of hydrogen-bond donors (Lipinski definition) is 1. The van der Waals surface area contributed by atoms with E-state index in [1.165, 1.54) is 23.9 Å². The summed E-state index contributed by atoms with van der Waals surface area (Å²) in [6.07, 6.45) is 1.28. The van der Waals surface area contributed by atoms with Crippen LogP contribution < -0.4 is 0 Å². The fourth-order valence-electron chi connectivity index (χ4n) is 2.55. The molecule has 0 spiro atoms. The van der Waals surface area contributed by atoms with Crippen LogP contribution in [0, 0.1) is 16.0 Å². The smallest absolute Gasteiger partial charge is 0.308 e. The van der Waals surface area contributed by atoms with Crippen LogP contribution in [0.15, 0.2) is 29.2 Å². The highest BCUT2D eigenvalue weighted by Crippen LogP contribution is 2.25. The number of benzene rings is 1. The third-order valence-corrected chi connectivity index (χ3v) is 4.96. The first-order valence-electron chi connectivity index (χ1n) is 7.28. The van der Waals surface area contributed by atoms with Crippen LogP contribution in [0.4, 0.5) is 5.69 Å². The number of nitro groups is 1. The molecule has 0 bridgehead atoms. The number of nitrogens with zero attached hydrogens (tertiary/aromatic N) is 2. The number of thioether (sulfide) groups is 1. The van der Waals surface area contributed by atoms with Crippen LogP contribution in [0.1, 0.15) is 19.8 Å². The Morgan fingerprint density at radius 3 is 2.57 bits per heavy atom. The molecule has 2 rings (SSSR count). The van der Waals surface area contributed by atoms with Gasteiger partial charge in [0.25, 0.3) is 5.69 Å². The third kappa shape index (κ3) is 4.44. The van der Waals surface area contributed by atoms with E-state index < -0.39 is 16.8 Å². The van der Waals surface area contributed by atoms with Crippen LogP contribution in [0.2, 0.25) is 0 Å². The molecule has 7 nitrogen and oxygen atoms in total. The van der Waals surface area contributed by atoms with E-state index >= 15 is 0 Å². The second-order valence-electron chi connectivity index (χ2n) is 5.55. The zero-order valence-electron chi connectivity index (χ0n) is 12.7. The van der Waals surface area contributed by atoms with Crippen molar-refractivity contribution in [2.24, 2.45) is 5.92 Å². The molecular formula is C15H18N2O5S. The Morgan fingerprint density at radius 2 is 2.00 bits per heavy atom. The average Bonchev–Trinajstić information content (AvgIpc) is 2.53. The van der Waals surface area contributed by atoms with Crippen molar-refractivity contribution in [3.63, 3.8) is 0 Å². The maximum Gasteiger partial charge on any atom is 0.308 e. The van der Waals surface area contributed by atoms with E-state index in [2.05, 4.69) is 0 Å². The lowest BCUT2D eigenvalue weighted by Crippen LogP contribution is -2.48. The van der Waals surface area contributed by atoms with Gasteiger partial charge in [-0.25, -0.2) is 0 Å². The van der Waals surface area contributed by atoms with E-state index in [1.807, 2.05) is 6.92 Å². The second kappa shape index (κ2) is 7.45. The standard InChI is InChI=1S/C15H18N2O5S/c1-10-2-3-11(15(19)20)8-16(10)14(18)9-23-13-6-4-12(5-7-13)17(21)22/h4-7,10-11H,2-3,8-9H2,1H3,(H,19,20). The Kier molecular flexibility index (Phi) is 5.59. The molecular weight excluding hydrogens is 320 g/mol. The number of rotatable bonds is 5. The maximum absolute atomic E-state index is 12.3. The van der Waals surface area contributed by atoms with Gasteiger partial charge in [0.05, 0.1) is 16.6 Å². The van der Waals surface area contributed by atoms with Crippen molar-refractivity contribution in [1.82, 2.24) is 4.90 Å². The van der Waals surface area contributed by atoms with Gasteiger partial charge in [0.1, 0.15) is 0 Å². The summed E-state index contributed by atoms with van der Waals surface area (Å²) in [6.45, 7) is 2.17. The van der Waals surface area contributed by atoms with Crippen molar-refractivity contribution in [3.05, 3.63) is 34.4 Å². The van der Waals surface area contributed by atoms with Gasteiger partial charge >= 0.3 is 5.97 Å². The molecule has 1 saturated heterocycles. The number of aliphatic carboxylic acids is 1. The lowest BCUT2D eigenvalue weighted by molar-refractivity contribution is -0.384. The van der Waals surface area contributed by atoms with Gasteiger partial charge in [-0.3, -0.25) is 19.7 Å². The molecule has 2 atom stereocenters. The van der Waals surface area contributed by atoms with E-state index in [0.29, 0.717) is 12.8 Å². The number of non-ortho nitro benzene ring substituents is 1. The predicted octanol–water partition coefficient (Wildman–Crippen LogP) is 2.40. The van der Waals surface area contributed by atoms with Gasteiger partial charge in [-0.1, -0.05) is 0 Å². The average molecular weight is 338 g/mol. The van der Waals surface area contributed by atoms with Crippen LogP contribution in [0.3, 0.4) is 0 Å². The van der Waals surface area contributed by atoms with Gasteiger partial charge in [0, 0.05) is 29.6 Å². The van der Waals surface area contributed by atoms with Crippen LogP contribution >= 0.6 is 11.8 Å². The van der Waals surface area contributed by atoms with Crippen molar-refractivity contribution >= 4 is 29.3 Å². The molecule has 1 amide bonds. The highest BCUT2D eigenvalue weighted by atomic mass is 32.2. The van der Waals surface area contributed by atoms with E-state index in [-0.39, 0.29) is 29.9 Å². The molecule has 1 aromatic rings. The molecule has 1 fully saturated rings. The second-order valence-corrected chi connectivity index (χ2v) is 6.60. The van der Waals surface area contributed by atoms with Gasteiger partial charge in [-0.2, -0.15) is 0 Å². The molecule has 1 N–H and O–H groups in total. The zero-order chi connectivity index (χ0) is 17.0. The lowest BCUT2D eigenvalue weighted by atomic mass is 9.93. The molecule has 0 saturated carbocycles.